The molecule has 0 aromatic heterocycles. The van der Waals surface area contributed by atoms with E-state index in [9.17, 15) is 20.4 Å². The Balaban J connectivity index is 0.000000407. The van der Waals surface area contributed by atoms with E-state index < -0.39 is 12.2 Å². The van der Waals surface area contributed by atoms with Crippen molar-refractivity contribution >= 4 is 12.4 Å². The van der Waals surface area contributed by atoms with Crippen molar-refractivity contribution in [2.45, 2.75) is 70.1 Å². The normalized spacial score (nSPS) is 16.9. The third kappa shape index (κ3) is 14.9. The molecule has 0 bridgehead atoms. The van der Waals surface area contributed by atoms with E-state index in [2.05, 4.69) is 15.1 Å². The maximum atomic E-state index is 11.3. The van der Waals surface area contributed by atoms with Crippen LogP contribution >= 0.6 is 12.4 Å². The highest BCUT2D eigenvalue weighted by atomic mass is 35.5. The van der Waals surface area contributed by atoms with Gasteiger partial charge < -0.3 is 51.1 Å². The highest BCUT2D eigenvalue weighted by molar-refractivity contribution is 5.85. The lowest BCUT2D eigenvalue weighted by atomic mass is 9.99. The summed E-state index contributed by atoms with van der Waals surface area (Å²) in [6.07, 6.45) is 3.46. The molecule has 298 valence electrons. The number of aromatic hydroxyl groups is 1. The third-order valence-electron chi connectivity index (χ3n) is 9.61. The summed E-state index contributed by atoms with van der Waals surface area (Å²) < 4.78 is 5.90. The summed E-state index contributed by atoms with van der Waals surface area (Å²) in [6.45, 7) is 6.19. The zero-order valence-corrected chi connectivity index (χ0v) is 31.6. The van der Waals surface area contributed by atoms with Gasteiger partial charge in [0.25, 0.3) is 0 Å². The number of ether oxygens (including phenoxy) is 1. The van der Waals surface area contributed by atoms with Crippen molar-refractivity contribution in [3.63, 3.8) is 0 Å². The maximum Gasteiger partial charge on any atom is 0.119 e. The summed E-state index contributed by atoms with van der Waals surface area (Å²) in [5.74, 6) is 0.977. The molecule has 1 unspecified atom stereocenters. The number of likely N-dealkylation sites (tertiary alicyclic amines) is 2. The molecule has 8 N–H and O–H groups in total. The van der Waals surface area contributed by atoms with Crippen molar-refractivity contribution in [1.82, 2.24) is 15.1 Å². The molecular formula is C43H63ClN4O6. The van der Waals surface area contributed by atoms with Gasteiger partial charge in [-0.25, -0.2) is 0 Å². The number of rotatable bonds is 15. The van der Waals surface area contributed by atoms with E-state index >= 15 is 0 Å². The van der Waals surface area contributed by atoms with Crippen LogP contribution in [0.5, 0.6) is 11.5 Å². The minimum atomic E-state index is -0.702. The Hall–Kier alpha value is -3.55. The first kappa shape index (κ1) is 46.6. The number of phenolic OH excluding ortho intramolecular Hbond substituents is 1. The number of nitrogens with zero attached hydrogens (tertiary/aromatic N) is 2. The molecule has 4 aromatic rings. The van der Waals surface area contributed by atoms with Gasteiger partial charge in [0.05, 0.1) is 30.9 Å². The number of hydrogen-bond donors (Lipinski definition) is 7. The fourth-order valence-corrected chi connectivity index (χ4v) is 6.70. The van der Waals surface area contributed by atoms with Crippen LogP contribution in [0.15, 0.2) is 109 Å². The van der Waals surface area contributed by atoms with Gasteiger partial charge in [0.2, 0.25) is 0 Å². The second-order valence-electron chi connectivity index (χ2n) is 13.4. The van der Waals surface area contributed by atoms with Crippen molar-refractivity contribution < 1.29 is 30.3 Å². The van der Waals surface area contributed by atoms with Crippen molar-refractivity contribution in [2.75, 3.05) is 53.0 Å². The Morgan fingerprint density at radius 3 is 1.69 bits per heavy atom. The van der Waals surface area contributed by atoms with Crippen LogP contribution in [0.1, 0.15) is 73.6 Å². The fourth-order valence-electron chi connectivity index (χ4n) is 6.70. The van der Waals surface area contributed by atoms with Crippen LogP contribution in [0.3, 0.4) is 0 Å². The molecule has 5 atom stereocenters. The molecule has 2 saturated heterocycles. The first-order valence-electron chi connectivity index (χ1n) is 18.4. The number of nitrogens with two attached hydrogens (primary N) is 1. The molecule has 0 amide bonds. The lowest BCUT2D eigenvalue weighted by molar-refractivity contribution is 0.0915. The van der Waals surface area contributed by atoms with Gasteiger partial charge in [0.1, 0.15) is 18.1 Å². The summed E-state index contributed by atoms with van der Waals surface area (Å²) in [7, 11) is 1.00. The van der Waals surface area contributed by atoms with Gasteiger partial charge in [-0.2, -0.15) is 0 Å². The highest BCUT2D eigenvalue weighted by Gasteiger charge is 2.28. The van der Waals surface area contributed by atoms with E-state index in [0.717, 1.165) is 74.4 Å². The van der Waals surface area contributed by atoms with E-state index in [1.54, 1.807) is 24.3 Å². The van der Waals surface area contributed by atoms with Gasteiger partial charge in [-0.05, 0) is 98.4 Å². The average molecular weight is 767 g/mol. The van der Waals surface area contributed by atoms with Crippen LogP contribution in [-0.4, -0.2) is 100 Å². The molecule has 10 nitrogen and oxygen atoms in total. The molecule has 6 rings (SSSR count). The number of halogens is 1. The number of nitrogens with one attached hydrogen (secondary N) is 1. The van der Waals surface area contributed by atoms with Crippen LogP contribution in [0, 0.1) is 0 Å². The molecule has 2 fully saturated rings. The summed E-state index contributed by atoms with van der Waals surface area (Å²) in [4.78, 5) is 4.67. The van der Waals surface area contributed by atoms with Gasteiger partial charge in [-0.1, -0.05) is 92.4 Å². The predicted octanol–water partition coefficient (Wildman–Crippen LogP) is 5.60. The second-order valence-corrected chi connectivity index (χ2v) is 13.4. The van der Waals surface area contributed by atoms with E-state index in [-0.39, 0.29) is 50.3 Å². The molecular weight excluding hydrogens is 704 g/mol. The second kappa shape index (κ2) is 25.5. The Bertz CT molecular complexity index is 1510. The summed E-state index contributed by atoms with van der Waals surface area (Å²) in [5.41, 5.74) is 9.74. The zero-order chi connectivity index (χ0) is 37.1. The quantitative estimate of drug-likeness (QED) is 0.0814. The zero-order valence-electron chi connectivity index (χ0n) is 30.8. The minimum absolute atomic E-state index is 0. The molecule has 4 aromatic carbocycles. The Morgan fingerprint density at radius 2 is 1.15 bits per heavy atom. The van der Waals surface area contributed by atoms with Crippen LogP contribution in [0.25, 0.3) is 0 Å². The standard InChI is InChI=1S/C28H34N2O3.C13H20N2O2.CH4O.CH4.ClH/c31-20-27(23-11-5-2-6-12-23)29-26(19-30-17-7-8-18-30)28(32)24-13-15-25(16-14-24)33-21-22-9-3-1-4-10-22;14-12(9-15-7-1-2-8-15)13(17)10-3-5-11(16)6-4-10;1-2;;/h1-6,9-16,26-29,31-32H,7-8,17-21H2;3-6,12-13,16-17H,1-2,7-9,14H2;2H,1H3;1H4;1H/t26-,27?,28-;12-,13-;;;/m11.../s1. The van der Waals surface area contributed by atoms with Crippen LogP contribution in [-0.2, 0) is 6.61 Å². The number of aliphatic hydroxyl groups excluding tert-OH is 4. The fraction of sp³-hybridized carbons (Fsp3) is 0.442. The monoisotopic (exact) mass is 766 g/mol. The van der Waals surface area contributed by atoms with Gasteiger partial charge in [0, 0.05) is 26.2 Å². The van der Waals surface area contributed by atoms with E-state index in [1.807, 2.05) is 84.9 Å². The number of benzene rings is 4. The lowest BCUT2D eigenvalue weighted by Crippen LogP contribution is -2.46. The van der Waals surface area contributed by atoms with Crippen LogP contribution < -0.4 is 15.8 Å². The third-order valence-corrected chi connectivity index (χ3v) is 9.61. The molecule has 0 aliphatic carbocycles. The van der Waals surface area contributed by atoms with Crippen molar-refractivity contribution in [1.29, 1.82) is 0 Å². The molecule has 2 aliphatic heterocycles. The Labute approximate surface area is 328 Å². The first-order chi connectivity index (χ1) is 25.4. The number of phenols is 1. The number of hydrogen-bond acceptors (Lipinski definition) is 10. The Kier molecular flexibility index (Phi) is 22.0. The van der Waals surface area contributed by atoms with Crippen molar-refractivity contribution in [3.8, 4) is 11.5 Å². The van der Waals surface area contributed by atoms with Crippen LogP contribution in [0.2, 0.25) is 0 Å². The molecule has 54 heavy (non-hydrogen) atoms. The Morgan fingerprint density at radius 1 is 0.667 bits per heavy atom. The lowest BCUT2D eigenvalue weighted by Gasteiger charge is -2.32. The summed E-state index contributed by atoms with van der Waals surface area (Å²) in [6, 6.07) is 33.5. The van der Waals surface area contributed by atoms with Gasteiger partial charge in [0.15, 0.2) is 0 Å². The predicted molar refractivity (Wildman–Crippen MR) is 220 cm³/mol. The summed E-state index contributed by atoms with van der Waals surface area (Å²) >= 11 is 0. The first-order valence-corrected chi connectivity index (χ1v) is 18.4. The van der Waals surface area contributed by atoms with E-state index in [4.69, 9.17) is 15.6 Å². The van der Waals surface area contributed by atoms with Crippen molar-refractivity contribution in [2.24, 2.45) is 5.73 Å². The molecule has 0 spiro atoms. The topological polar surface area (TPSA) is 155 Å². The largest absolute Gasteiger partial charge is 0.508 e. The van der Waals surface area contributed by atoms with Crippen molar-refractivity contribution in [3.05, 3.63) is 131 Å². The molecule has 0 saturated carbocycles. The van der Waals surface area contributed by atoms with Crippen LogP contribution in [0.4, 0.5) is 0 Å². The van der Waals surface area contributed by atoms with E-state index in [0.29, 0.717) is 6.61 Å². The van der Waals surface area contributed by atoms with Gasteiger partial charge in [-0.15, -0.1) is 12.4 Å². The summed E-state index contributed by atoms with van der Waals surface area (Å²) in [5, 5.41) is 51.2. The molecule has 0 radical (unpaired) electrons. The minimum Gasteiger partial charge on any atom is -0.508 e. The van der Waals surface area contributed by atoms with Gasteiger partial charge in [-0.3, -0.25) is 0 Å². The highest BCUT2D eigenvalue weighted by Crippen LogP contribution is 2.25. The molecule has 2 heterocycles. The van der Waals surface area contributed by atoms with E-state index in [1.165, 1.54) is 25.7 Å². The molecule has 2 aliphatic rings. The molecule has 11 heteroatoms. The average Bonchev–Trinajstić information content (AvgIpc) is 3.92. The SMILES string of the molecule is C.CO.Cl.N[C@H](CN1CCCC1)[C@H](O)c1ccc(O)cc1.OCC(N[C@H](CN1CCCC1)[C@H](O)c1ccc(OCc2ccccc2)cc1)c1ccccc1. The smallest absolute Gasteiger partial charge is 0.119 e. The number of aliphatic hydroxyl groups is 4. The van der Waals surface area contributed by atoms with Gasteiger partial charge >= 0.3 is 0 Å². The maximum absolute atomic E-state index is 11.3.